The standard InChI is InChI=1S/C34H32N2O4/c1-5-9-21-17-27(38)20(3)34(39)30-29(21)33-31(24-15-14-23(37)18-28(24)40-4)35-25-12-6-7-13-26(25)36(33)32(30)22-11-8-10-19(2)16-22/h6-8,10-16,18,21,31,35,37H,3,5,9,17H2,1-2,4H3. The Bertz CT molecular complexity index is 1700. The highest BCUT2D eigenvalue weighted by atomic mass is 16.5. The summed E-state index contributed by atoms with van der Waals surface area (Å²) in [5.74, 6) is -0.0361. The Kier molecular flexibility index (Phi) is 6.34. The van der Waals surface area contributed by atoms with E-state index in [2.05, 4.69) is 29.5 Å². The number of anilines is 1. The van der Waals surface area contributed by atoms with Gasteiger partial charge in [-0.05, 0) is 60.7 Å². The number of methoxy groups -OCH3 is 1. The number of carbonyl (C=O) groups excluding carboxylic acids is 2. The lowest BCUT2D eigenvalue weighted by atomic mass is 9.85. The Labute approximate surface area is 233 Å². The molecule has 0 saturated carbocycles. The molecule has 4 aromatic rings. The molecule has 0 fully saturated rings. The fraction of sp³-hybridized carbons (Fsp3) is 0.235. The highest BCUT2D eigenvalue weighted by molar-refractivity contribution is 6.29. The van der Waals surface area contributed by atoms with Gasteiger partial charge in [0.1, 0.15) is 11.5 Å². The van der Waals surface area contributed by atoms with Crippen molar-refractivity contribution in [2.75, 3.05) is 12.4 Å². The molecule has 3 aromatic carbocycles. The van der Waals surface area contributed by atoms with Gasteiger partial charge in [-0.1, -0.05) is 55.8 Å². The lowest BCUT2D eigenvalue weighted by molar-refractivity contribution is -0.115. The zero-order valence-corrected chi connectivity index (χ0v) is 23.0. The number of nitrogens with one attached hydrogen (secondary N) is 1. The summed E-state index contributed by atoms with van der Waals surface area (Å²) in [6, 6.07) is 20.9. The van der Waals surface area contributed by atoms with Crippen LogP contribution >= 0.6 is 0 Å². The molecule has 6 rings (SSSR count). The highest BCUT2D eigenvalue weighted by Crippen LogP contribution is 2.51. The molecule has 1 aliphatic heterocycles. The fourth-order valence-corrected chi connectivity index (χ4v) is 6.35. The van der Waals surface area contributed by atoms with E-state index in [1.165, 1.54) is 0 Å². The van der Waals surface area contributed by atoms with E-state index in [0.717, 1.165) is 57.9 Å². The number of hydrogen-bond acceptors (Lipinski definition) is 5. The summed E-state index contributed by atoms with van der Waals surface area (Å²) in [6.45, 7) is 8.11. The Morgan fingerprint density at radius 3 is 2.62 bits per heavy atom. The number of benzene rings is 3. The molecule has 40 heavy (non-hydrogen) atoms. The molecule has 0 bridgehead atoms. The molecule has 202 valence electrons. The summed E-state index contributed by atoms with van der Waals surface area (Å²) in [4.78, 5) is 27.4. The second-order valence-electron chi connectivity index (χ2n) is 10.7. The number of ether oxygens (including phenoxy) is 1. The average Bonchev–Trinajstić information content (AvgIpc) is 3.28. The largest absolute Gasteiger partial charge is 0.508 e. The van der Waals surface area contributed by atoms with Gasteiger partial charge in [0.2, 0.25) is 0 Å². The maximum atomic E-state index is 14.2. The van der Waals surface area contributed by atoms with Gasteiger partial charge in [0.25, 0.3) is 0 Å². The molecular formula is C34H32N2O4. The van der Waals surface area contributed by atoms with Crippen LogP contribution in [0.25, 0.3) is 16.9 Å². The van der Waals surface area contributed by atoms with Crippen molar-refractivity contribution in [3.63, 3.8) is 0 Å². The number of rotatable bonds is 5. The van der Waals surface area contributed by atoms with Crippen molar-refractivity contribution in [2.45, 2.75) is 45.1 Å². The number of nitrogens with zero attached hydrogens (tertiary/aromatic N) is 1. The number of aromatic nitrogens is 1. The lowest BCUT2D eigenvalue weighted by Crippen LogP contribution is -2.25. The number of para-hydroxylation sites is 2. The minimum Gasteiger partial charge on any atom is -0.508 e. The summed E-state index contributed by atoms with van der Waals surface area (Å²) in [5.41, 5.74) is 7.79. The number of phenols is 1. The van der Waals surface area contributed by atoms with Crippen molar-refractivity contribution >= 4 is 17.3 Å². The van der Waals surface area contributed by atoms with Crippen molar-refractivity contribution in [2.24, 2.45) is 0 Å². The Balaban J connectivity index is 1.80. The Morgan fingerprint density at radius 2 is 1.88 bits per heavy atom. The van der Waals surface area contributed by atoms with Crippen molar-refractivity contribution in [3.8, 4) is 28.4 Å². The van der Waals surface area contributed by atoms with Crippen LogP contribution < -0.4 is 10.1 Å². The molecule has 0 radical (unpaired) electrons. The molecule has 2 heterocycles. The van der Waals surface area contributed by atoms with Gasteiger partial charge >= 0.3 is 0 Å². The minimum absolute atomic E-state index is 0.0386. The summed E-state index contributed by atoms with van der Waals surface area (Å²) >= 11 is 0. The molecule has 2 N–H and O–H groups in total. The third kappa shape index (κ3) is 3.94. The lowest BCUT2D eigenvalue weighted by Gasteiger charge is -2.33. The molecule has 2 atom stereocenters. The molecule has 1 aliphatic carbocycles. The summed E-state index contributed by atoms with van der Waals surface area (Å²) in [7, 11) is 1.58. The first kappa shape index (κ1) is 25.7. The molecule has 1 aromatic heterocycles. The van der Waals surface area contributed by atoms with Gasteiger partial charge in [0.05, 0.1) is 47.1 Å². The quantitative estimate of drug-likeness (QED) is 0.160. The van der Waals surface area contributed by atoms with Crippen LogP contribution in [0.5, 0.6) is 11.5 Å². The van der Waals surface area contributed by atoms with E-state index in [4.69, 9.17) is 4.74 Å². The number of carbonyl (C=O) groups is 2. The third-order valence-corrected chi connectivity index (χ3v) is 8.10. The Morgan fingerprint density at radius 1 is 1.07 bits per heavy atom. The van der Waals surface area contributed by atoms with Gasteiger partial charge in [-0.15, -0.1) is 0 Å². The number of aromatic hydroxyl groups is 1. The molecule has 2 aliphatic rings. The van der Waals surface area contributed by atoms with Crippen molar-refractivity contribution in [3.05, 3.63) is 107 Å². The van der Waals surface area contributed by atoms with E-state index in [-0.39, 0.29) is 35.2 Å². The van der Waals surface area contributed by atoms with Crippen LogP contribution in [-0.2, 0) is 4.79 Å². The van der Waals surface area contributed by atoms with Crippen LogP contribution in [0.15, 0.2) is 78.9 Å². The van der Waals surface area contributed by atoms with Crippen molar-refractivity contribution in [1.29, 1.82) is 0 Å². The third-order valence-electron chi connectivity index (χ3n) is 8.10. The van der Waals surface area contributed by atoms with Crippen LogP contribution in [0.2, 0.25) is 0 Å². The number of ketones is 2. The predicted octanol–water partition coefficient (Wildman–Crippen LogP) is 7.28. The van der Waals surface area contributed by atoms with Gasteiger partial charge in [-0.3, -0.25) is 9.59 Å². The minimum atomic E-state index is -0.411. The number of phenolic OH excluding ortho intramolecular Hbond substituents is 1. The first-order chi connectivity index (χ1) is 19.3. The monoisotopic (exact) mass is 532 g/mol. The van der Waals surface area contributed by atoms with Gasteiger partial charge in [-0.2, -0.15) is 0 Å². The average molecular weight is 533 g/mol. The molecule has 2 unspecified atom stereocenters. The van der Waals surface area contributed by atoms with Crippen molar-refractivity contribution < 1.29 is 19.4 Å². The predicted molar refractivity (Wildman–Crippen MR) is 157 cm³/mol. The van der Waals surface area contributed by atoms with E-state index in [0.29, 0.717) is 11.3 Å². The first-order valence-corrected chi connectivity index (χ1v) is 13.7. The fourth-order valence-electron chi connectivity index (χ4n) is 6.35. The summed E-state index contributed by atoms with van der Waals surface area (Å²) in [6.07, 6.45) is 1.85. The van der Waals surface area contributed by atoms with Gasteiger partial charge in [0, 0.05) is 18.1 Å². The number of hydrogen-bond donors (Lipinski definition) is 2. The Hall–Kier alpha value is -4.58. The maximum Gasteiger partial charge on any atom is 0.198 e. The summed E-state index contributed by atoms with van der Waals surface area (Å²) in [5, 5.41) is 13.9. The molecule has 6 nitrogen and oxygen atoms in total. The van der Waals surface area contributed by atoms with E-state index in [1.54, 1.807) is 19.2 Å². The van der Waals surface area contributed by atoms with E-state index in [9.17, 15) is 14.7 Å². The van der Waals surface area contributed by atoms with E-state index < -0.39 is 6.04 Å². The van der Waals surface area contributed by atoms with Crippen LogP contribution in [0.4, 0.5) is 5.69 Å². The number of fused-ring (bicyclic) bond motifs is 5. The zero-order valence-electron chi connectivity index (χ0n) is 23.0. The summed E-state index contributed by atoms with van der Waals surface area (Å²) < 4.78 is 7.94. The molecule has 6 heteroatoms. The topological polar surface area (TPSA) is 80.6 Å². The number of Topliss-reactive ketones (excluding diaryl/α,β-unsaturated/α-hetero) is 2. The molecule has 0 amide bonds. The first-order valence-electron chi connectivity index (χ1n) is 13.7. The van der Waals surface area contributed by atoms with Gasteiger partial charge < -0.3 is 19.7 Å². The van der Waals surface area contributed by atoms with Crippen LogP contribution in [-0.4, -0.2) is 28.3 Å². The molecular weight excluding hydrogens is 500 g/mol. The second kappa shape index (κ2) is 9.87. The maximum absolute atomic E-state index is 14.2. The second-order valence-corrected chi connectivity index (χ2v) is 10.7. The van der Waals surface area contributed by atoms with E-state index in [1.807, 2.05) is 55.5 Å². The zero-order chi connectivity index (χ0) is 28.1. The molecule has 0 saturated heterocycles. The number of aryl methyl sites for hydroxylation is 1. The number of allylic oxidation sites excluding steroid dienone is 1. The molecule has 0 spiro atoms. The van der Waals surface area contributed by atoms with E-state index >= 15 is 0 Å². The van der Waals surface area contributed by atoms with Crippen LogP contribution in [0.3, 0.4) is 0 Å². The van der Waals surface area contributed by atoms with Crippen molar-refractivity contribution in [1.82, 2.24) is 4.57 Å². The van der Waals surface area contributed by atoms with Gasteiger partial charge in [-0.25, -0.2) is 0 Å². The smallest absolute Gasteiger partial charge is 0.198 e. The van der Waals surface area contributed by atoms with Gasteiger partial charge in [0.15, 0.2) is 11.6 Å². The van der Waals surface area contributed by atoms with Crippen LogP contribution in [0, 0.1) is 6.92 Å². The van der Waals surface area contributed by atoms with Crippen LogP contribution in [0.1, 0.15) is 70.9 Å². The normalized spacial score (nSPS) is 17.9. The SMILES string of the molecule is C=C1C(=O)CC(CCC)c2c(c(-c3cccc(C)c3)n3c2C(c2ccc(O)cc2OC)Nc2ccccc2-3)C1=O. The highest BCUT2D eigenvalue weighted by Gasteiger charge is 2.43.